The van der Waals surface area contributed by atoms with Crippen molar-refractivity contribution in [1.82, 2.24) is 5.32 Å². The zero-order valence-electron chi connectivity index (χ0n) is 11.5. The van der Waals surface area contributed by atoms with Crippen LogP contribution in [-0.2, 0) is 4.79 Å². The molecular weight excluding hydrogens is 328 g/mol. The highest BCUT2D eigenvalue weighted by molar-refractivity contribution is 9.10. The van der Waals surface area contributed by atoms with Gasteiger partial charge in [-0.1, -0.05) is 24.9 Å². The van der Waals surface area contributed by atoms with E-state index in [0.29, 0.717) is 5.02 Å². The van der Waals surface area contributed by atoms with Gasteiger partial charge in [0.15, 0.2) is 0 Å². The second-order valence-corrected chi connectivity index (χ2v) is 5.95. The molecule has 106 valence electrons. The Hall–Kier alpha value is -0.740. The quantitative estimate of drug-likeness (QED) is 0.809. The van der Waals surface area contributed by atoms with Crippen molar-refractivity contribution < 1.29 is 4.79 Å². The topological polar surface area (TPSA) is 41.1 Å². The Bertz CT molecular complexity index is 439. The molecule has 0 radical (unpaired) electrons. The Morgan fingerprint density at radius 3 is 2.68 bits per heavy atom. The van der Waals surface area contributed by atoms with E-state index in [0.717, 1.165) is 23.0 Å². The summed E-state index contributed by atoms with van der Waals surface area (Å²) < 4.78 is 0.841. The third-order valence-electron chi connectivity index (χ3n) is 2.81. The van der Waals surface area contributed by atoms with Crippen LogP contribution in [0.1, 0.15) is 33.6 Å². The highest BCUT2D eigenvalue weighted by atomic mass is 79.9. The molecular formula is C14H20BrClN2O. The summed E-state index contributed by atoms with van der Waals surface area (Å²) in [7, 11) is 0. The lowest BCUT2D eigenvalue weighted by Gasteiger charge is -2.19. The minimum Gasteiger partial charge on any atom is -0.374 e. The minimum atomic E-state index is -0.295. The molecule has 0 saturated carbocycles. The van der Waals surface area contributed by atoms with Crippen molar-refractivity contribution in [3.63, 3.8) is 0 Å². The smallest absolute Gasteiger partial charge is 0.242 e. The zero-order chi connectivity index (χ0) is 14.4. The van der Waals surface area contributed by atoms with Crippen molar-refractivity contribution in [1.29, 1.82) is 0 Å². The van der Waals surface area contributed by atoms with Crippen molar-refractivity contribution in [3.8, 4) is 0 Å². The normalized spacial score (nSPS) is 13.7. The number of amides is 1. The third-order valence-corrected chi connectivity index (χ3v) is 4.04. The number of hydrogen-bond acceptors (Lipinski definition) is 2. The fraction of sp³-hybridized carbons (Fsp3) is 0.500. The molecule has 1 amide bonds. The van der Waals surface area contributed by atoms with Gasteiger partial charge in [0, 0.05) is 16.2 Å². The zero-order valence-corrected chi connectivity index (χ0v) is 13.8. The lowest BCUT2D eigenvalue weighted by Crippen LogP contribution is -2.42. The van der Waals surface area contributed by atoms with E-state index in [-0.39, 0.29) is 18.0 Å². The van der Waals surface area contributed by atoms with Gasteiger partial charge in [-0.05, 0) is 54.4 Å². The monoisotopic (exact) mass is 346 g/mol. The molecule has 0 aromatic heterocycles. The lowest BCUT2D eigenvalue weighted by atomic mass is 10.2. The van der Waals surface area contributed by atoms with E-state index in [1.165, 1.54) is 0 Å². The maximum absolute atomic E-state index is 12.0. The van der Waals surface area contributed by atoms with Gasteiger partial charge in [0.2, 0.25) is 5.91 Å². The minimum absolute atomic E-state index is 0.00000815. The van der Waals surface area contributed by atoms with E-state index in [1.54, 1.807) is 6.07 Å². The van der Waals surface area contributed by atoms with Crippen molar-refractivity contribution >= 4 is 39.1 Å². The van der Waals surface area contributed by atoms with Gasteiger partial charge in [0.1, 0.15) is 6.04 Å². The van der Waals surface area contributed by atoms with Crippen LogP contribution in [0, 0.1) is 0 Å². The largest absolute Gasteiger partial charge is 0.374 e. The third kappa shape index (κ3) is 5.41. The Labute approximate surface area is 128 Å². The molecule has 19 heavy (non-hydrogen) atoms. The Balaban J connectivity index is 2.56. The van der Waals surface area contributed by atoms with Gasteiger partial charge in [-0.15, -0.1) is 0 Å². The van der Waals surface area contributed by atoms with E-state index in [2.05, 4.69) is 33.5 Å². The fourth-order valence-corrected chi connectivity index (χ4v) is 2.20. The molecule has 1 aromatic carbocycles. The summed E-state index contributed by atoms with van der Waals surface area (Å²) in [4.78, 5) is 12.0. The number of hydrogen-bond donors (Lipinski definition) is 2. The predicted molar refractivity (Wildman–Crippen MR) is 84.7 cm³/mol. The van der Waals surface area contributed by atoms with Crippen LogP contribution >= 0.6 is 27.5 Å². The lowest BCUT2D eigenvalue weighted by molar-refractivity contribution is -0.122. The molecule has 5 heteroatoms. The van der Waals surface area contributed by atoms with Gasteiger partial charge < -0.3 is 10.6 Å². The van der Waals surface area contributed by atoms with Gasteiger partial charge in [-0.25, -0.2) is 0 Å². The molecule has 0 aliphatic carbocycles. The molecule has 2 unspecified atom stereocenters. The summed E-state index contributed by atoms with van der Waals surface area (Å²) in [6.07, 6.45) is 2.05. The Kier molecular flexibility index (Phi) is 6.66. The molecule has 0 spiro atoms. The van der Waals surface area contributed by atoms with Crippen molar-refractivity contribution in [3.05, 3.63) is 27.7 Å². The van der Waals surface area contributed by atoms with Crippen LogP contribution in [0.15, 0.2) is 22.7 Å². The summed E-state index contributed by atoms with van der Waals surface area (Å²) in [5, 5.41) is 6.75. The van der Waals surface area contributed by atoms with Crippen LogP contribution in [0.4, 0.5) is 5.69 Å². The standard InChI is InChI=1S/C14H20BrClN2O/c1-4-5-9(2)17-14(19)10(3)18-11-6-7-12(15)13(16)8-11/h6-10,18H,4-5H2,1-3H3,(H,17,19). The second kappa shape index (κ2) is 7.75. The van der Waals surface area contributed by atoms with E-state index in [4.69, 9.17) is 11.6 Å². The molecule has 0 bridgehead atoms. The van der Waals surface area contributed by atoms with E-state index < -0.39 is 0 Å². The van der Waals surface area contributed by atoms with Gasteiger partial charge >= 0.3 is 0 Å². The maximum atomic E-state index is 12.0. The maximum Gasteiger partial charge on any atom is 0.242 e. The number of rotatable bonds is 6. The predicted octanol–water partition coefficient (Wildman–Crippen LogP) is 4.21. The van der Waals surface area contributed by atoms with Crippen LogP contribution in [0.3, 0.4) is 0 Å². The van der Waals surface area contributed by atoms with Crippen LogP contribution in [0.5, 0.6) is 0 Å². The van der Waals surface area contributed by atoms with Crippen LogP contribution < -0.4 is 10.6 Å². The molecule has 0 heterocycles. The molecule has 0 saturated heterocycles. The van der Waals surface area contributed by atoms with Crippen LogP contribution in [0.2, 0.25) is 5.02 Å². The summed E-state index contributed by atoms with van der Waals surface area (Å²) in [6.45, 7) is 5.96. The van der Waals surface area contributed by atoms with Gasteiger partial charge in [0.25, 0.3) is 0 Å². The van der Waals surface area contributed by atoms with Gasteiger partial charge in [-0.2, -0.15) is 0 Å². The van der Waals surface area contributed by atoms with E-state index >= 15 is 0 Å². The van der Waals surface area contributed by atoms with E-state index in [9.17, 15) is 4.79 Å². The molecule has 2 atom stereocenters. The number of benzene rings is 1. The number of nitrogens with one attached hydrogen (secondary N) is 2. The molecule has 1 rings (SSSR count). The SMILES string of the molecule is CCCC(C)NC(=O)C(C)Nc1ccc(Br)c(Cl)c1. The average molecular weight is 348 g/mol. The summed E-state index contributed by atoms with van der Waals surface area (Å²) in [6, 6.07) is 5.45. The molecule has 0 fully saturated rings. The van der Waals surface area contributed by atoms with Gasteiger partial charge in [-0.3, -0.25) is 4.79 Å². The van der Waals surface area contributed by atoms with Crippen LogP contribution in [0.25, 0.3) is 0 Å². The highest BCUT2D eigenvalue weighted by Crippen LogP contribution is 2.25. The van der Waals surface area contributed by atoms with Crippen molar-refractivity contribution in [2.75, 3.05) is 5.32 Å². The number of halogens is 2. The molecule has 0 aliphatic rings. The van der Waals surface area contributed by atoms with Crippen molar-refractivity contribution in [2.24, 2.45) is 0 Å². The Morgan fingerprint density at radius 1 is 1.42 bits per heavy atom. The van der Waals surface area contributed by atoms with Crippen molar-refractivity contribution in [2.45, 2.75) is 45.7 Å². The molecule has 3 nitrogen and oxygen atoms in total. The number of carbonyl (C=O) groups excluding carboxylic acids is 1. The number of carbonyl (C=O) groups is 1. The highest BCUT2D eigenvalue weighted by Gasteiger charge is 2.14. The first-order valence-corrected chi connectivity index (χ1v) is 7.63. The molecule has 1 aromatic rings. The summed E-state index contributed by atoms with van der Waals surface area (Å²) in [5.41, 5.74) is 0.832. The Morgan fingerprint density at radius 2 is 2.11 bits per heavy atom. The summed E-state index contributed by atoms with van der Waals surface area (Å²) in [5.74, 6) is -0.00000815. The second-order valence-electron chi connectivity index (χ2n) is 4.69. The first-order chi connectivity index (χ1) is 8.93. The first-order valence-electron chi connectivity index (χ1n) is 6.46. The summed E-state index contributed by atoms with van der Waals surface area (Å²) >= 11 is 9.35. The molecule has 2 N–H and O–H groups in total. The van der Waals surface area contributed by atoms with Gasteiger partial charge in [0.05, 0.1) is 5.02 Å². The first kappa shape index (κ1) is 16.3. The fourth-order valence-electron chi connectivity index (χ4n) is 1.77. The average Bonchev–Trinajstić information content (AvgIpc) is 2.34. The van der Waals surface area contributed by atoms with E-state index in [1.807, 2.05) is 26.0 Å². The van der Waals surface area contributed by atoms with Crippen LogP contribution in [-0.4, -0.2) is 18.0 Å². The number of anilines is 1. The molecule has 0 aliphatic heterocycles.